The van der Waals surface area contributed by atoms with Crippen molar-refractivity contribution in [3.05, 3.63) is 59.7 Å². The van der Waals surface area contributed by atoms with Gasteiger partial charge in [0.25, 0.3) is 0 Å². The Morgan fingerprint density at radius 1 is 1.03 bits per heavy atom. The Hall–Kier alpha value is -3.39. The highest BCUT2D eigenvalue weighted by Crippen LogP contribution is 2.44. The van der Waals surface area contributed by atoms with E-state index in [1.54, 1.807) is 7.05 Å². The number of carbonyl (C=O) groups excluding carboxylic acids is 2. The second-order valence-corrected chi connectivity index (χ2v) is 9.68. The average molecular weight is 479 g/mol. The predicted molar refractivity (Wildman–Crippen MR) is 128 cm³/mol. The normalized spacial score (nSPS) is 25.1. The van der Waals surface area contributed by atoms with Crippen LogP contribution in [0.15, 0.2) is 48.5 Å². The maximum atomic E-state index is 13.0. The smallest absolute Gasteiger partial charge is 0.407 e. The number of hydrogen-bond acceptors (Lipinski definition) is 5. The van der Waals surface area contributed by atoms with E-state index >= 15 is 0 Å². The Labute approximate surface area is 204 Å². The first-order chi connectivity index (χ1) is 16.9. The molecule has 2 aromatic carbocycles. The number of rotatable bonds is 6. The van der Waals surface area contributed by atoms with Crippen LogP contribution < -0.4 is 5.32 Å². The number of carboxylic acid groups (broad SMARTS) is 1. The molecule has 2 fully saturated rings. The minimum Gasteiger partial charge on any atom is -0.481 e. The van der Waals surface area contributed by atoms with Gasteiger partial charge in [-0.05, 0) is 41.5 Å². The molecule has 1 heterocycles. The van der Waals surface area contributed by atoms with Crippen LogP contribution in [0.4, 0.5) is 4.79 Å². The van der Waals surface area contributed by atoms with Crippen molar-refractivity contribution in [2.24, 2.45) is 11.8 Å². The van der Waals surface area contributed by atoms with Gasteiger partial charge in [-0.3, -0.25) is 9.59 Å². The van der Waals surface area contributed by atoms with Crippen LogP contribution in [0.2, 0.25) is 0 Å². The lowest BCUT2D eigenvalue weighted by molar-refractivity contribution is -0.145. The second-order valence-electron chi connectivity index (χ2n) is 9.68. The number of ether oxygens (including phenoxy) is 2. The first-order valence-electron chi connectivity index (χ1n) is 12.1. The van der Waals surface area contributed by atoms with Crippen LogP contribution in [0.25, 0.3) is 11.1 Å². The van der Waals surface area contributed by atoms with Gasteiger partial charge in [-0.15, -0.1) is 0 Å². The molecule has 8 heteroatoms. The van der Waals surface area contributed by atoms with Crippen LogP contribution in [0, 0.1) is 11.8 Å². The van der Waals surface area contributed by atoms with Gasteiger partial charge in [0.05, 0.1) is 19.3 Å². The molecule has 1 saturated heterocycles. The number of hydrogen-bond donors (Lipinski definition) is 2. The average Bonchev–Trinajstić information content (AvgIpc) is 3.60. The Kier molecular flexibility index (Phi) is 6.47. The summed E-state index contributed by atoms with van der Waals surface area (Å²) in [5.74, 6) is -2.01. The third-order valence-electron chi connectivity index (χ3n) is 7.66. The van der Waals surface area contributed by atoms with Gasteiger partial charge in [0.1, 0.15) is 12.5 Å². The van der Waals surface area contributed by atoms with E-state index in [1.807, 2.05) is 24.3 Å². The van der Waals surface area contributed by atoms with Crippen LogP contribution in [-0.4, -0.2) is 66.9 Å². The molecule has 3 aliphatic rings. The lowest BCUT2D eigenvalue weighted by atomic mass is 9.98. The minimum atomic E-state index is -0.951. The van der Waals surface area contributed by atoms with Crippen molar-refractivity contribution < 1.29 is 29.0 Å². The summed E-state index contributed by atoms with van der Waals surface area (Å²) in [4.78, 5) is 38.6. The maximum Gasteiger partial charge on any atom is 0.407 e. The molecule has 2 aliphatic carbocycles. The van der Waals surface area contributed by atoms with Gasteiger partial charge in [-0.25, -0.2) is 4.79 Å². The zero-order valence-electron chi connectivity index (χ0n) is 19.7. The summed E-state index contributed by atoms with van der Waals surface area (Å²) in [6, 6.07) is 15.8. The number of carboxylic acids is 1. The summed E-state index contributed by atoms with van der Waals surface area (Å²) >= 11 is 0. The summed E-state index contributed by atoms with van der Waals surface area (Å²) < 4.78 is 10.9. The lowest BCUT2D eigenvalue weighted by Crippen LogP contribution is -2.46. The van der Waals surface area contributed by atoms with Crippen molar-refractivity contribution >= 4 is 18.0 Å². The number of nitrogens with one attached hydrogen (secondary N) is 1. The fraction of sp³-hybridized carbons (Fsp3) is 0.444. The van der Waals surface area contributed by atoms with Gasteiger partial charge >= 0.3 is 12.1 Å². The molecule has 4 atom stereocenters. The molecule has 184 valence electrons. The quantitative estimate of drug-likeness (QED) is 0.660. The molecule has 2 amide bonds. The van der Waals surface area contributed by atoms with Crippen molar-refractivity contribution in [3.63, 3.8) is 0 Å². The van der Waals surface area contributed by atoms with Crippen LogP contribution in [-0.2, 0) is 19.1 Å². The number of amides is 2. The van der Waals surface area contributed by atoms with Crippen molar-refractivity contribution in [2.75, 3.05) is 26.9 Å². The molecule has 8 nitrogen and oxygen atoms in total. The number of fused-ring (bicyclic) bond motifs is 3. The van der Waals surface area contributed by atoms with Gasteiger partial charge in [-0.2, -0.15) is 0 Å². The molecule has 2 aromatic rings. The molecule has 2 unspecified atom stereocenters. The number of aliphatic carboxylic acids is 1. The van der Waals surface area contributed by atoms with Crippen LogP contribution in [0.5, 0.6) is 0 Å². The zero-order chi connectivity index (χ0) is 24.5. The number of benzene rings is 2. The Morgan fingerprint density at radius 3 is 2.34 bits per heavy atom. The Bertz CT molecular complexity index is 1090. The molecule has 1 aliphatic heterocycles. The lowest BCUT2D eigenvalue weighted by Gasteiger charge is -2.28. The van der Waals surface area contributed by atoms with Gasteiger partial charge in [0, 0.05) is 24.9 Å². The van der Waals surface area contributed by atoms with Gasteiger partial charge in [-0.1, -0.05) is 48.5 Å². The van der Waals surface area contributed by atoms with E-state index in [4.69, 9.17) is 9.47 Å². The summed E-state index contributed by atoms with van der Waals surface area (Å²) in [5.41, 5.74) is 4.67. The summed E-state index contributed by atoms with van der Waals surface area (Å²) in [6.07, 6.45) is 1.35. The second kappa shape index (κ2) is 9.70. The molecule has 0 aromatic heterocycles. The summed E-state index contributed by atoms with van der Waals surface area (Å²) in [5, 5.41) is 12.3. The highest BCUT2D eigenvalue weighted by Gasteiger charge is 2.41. The van der Waals surface area contributed by atoms with Gasteiger partial charge in [0.2, 0.25) is 5.91 Å². The van der Waals surface area contributed by atoms with E-state index in [2.05, 4.69) is 29.6 Å². The highest BCUT2D eigenvalue weighted by atomic mass is 16.5. The molecule has 0 spiro atoms. The number of alkyl carbamates (subject to hydrolysis) is 1. The van der Waals surface area contributed by atoms with Crippen molar-refractivity contribution in [1.29, 1.82) is 0 Å². The summed E-state index contributed by atoms with van der Waals surface area (Å²) in [6.45, 7) is 0.595. The fourth-order valence-electron chi connectivity index (χ4n) is 5.76. The number of nitrogens with zero attached hydrogens (tertiary/aromatic N) is 1. The molecular weight excluding hydrogens is 448 g/mol. The molecule has 5 rings (SSSR count). The molecule has 0 radical (unpaired) electrons. The first-order valence-corrected chi connectivity index (χ1v) is 12.1. The van der Waals surface area contributed by atoms with Crippen molar-refractivity contribution in [2.45, 2.75) is 37.3 Å². The largest absolute Gasteiger partial charge is 0.481 e. The molecule has 1 saturated carbocycles. The van der Waals surface area contributed by atoms with E-state index in [0.29, 0.717) is 19.3 Å². The van der Waals surface area contributed by atoms with Gasteiger partial charge < -0.3 is 24.8 Å². The molecule has 35 heavy (non-hydrogen) atoms. The maximum absolute atomic E-state index is 13.0. The monoisotopic (exact) mass is 478 g/mol. The van der Waals surface area contributed by atoms with Crippen LogP contribution in [0.1, 0.15) is 36.3 Å². The Balaban J connectivity index is 1.14. The van der Waals surface area contributed by atoms with E-state index < -0.39 is 24.0 Å². The summed E-state index contributed by atoms with van der Waals surface area (Å²) in [7, 11) is 1.64. The third kappa shape index (κ3) is 4.50. The van der Waals surface area contributed by atoms with Gasteiger partial charge in [0.15, 0.2) is 0 Å². The van der Waals surface area contributed by atoms with E-state index in [9.17, 15) is 19.5 Å². The van der Waals surface area contributed by atoms with Crippen molar-refractivity contribution in [3.8, 4) is 11.1 Å². The number of carbonyl (C=O) groups is 3. The highest BCUT2D eigenvalue weighted by molar-refractivity contribution is 5.81. The minimum absolute atomic E-state index is 0.00415. The van der Waals surface area contributed by atoms with E-state index in [0.717, 1.165) is 11.1 Å². The van der Waals surface area contributed by atoms with Crippen molar-refractivity contribution in [1.82, 2.24) is 10.2 Å². The topological polar surface area (TPSA) is 105 Å². The molecule has 0 bridgehead atoms. The van der Waals surface area contributed by atoms with Crippen LogP contribution >= 0.6 is 0 Å². The fourth-order valence-corrected chi connectivity index (χ4v) is 5.76. The standard InChI is InChI=1S/C27H30N2O6/c1-29(24-15-34-13-23(24)26(31)32)25(30)16-10-11-17(12-16)28-27(33)35-14-22-20-8-4-2-6-18(20)19-7-3-5-9-21(19)22/h2-9,16-17,22-24H,10-15H2,1H3,(H,28,33)(H,31,32)/t16-,17+,23?,24?/m1/s1. The first kappa shape index (κ1) is 23.4. The Morgan fingerprint density at radius 2 is 1.69 bits per heavy atom. The SMILES string of the molecule is CN(C(=O)[C@@H]1CC[C@H](NC(=O)OCC2c3ccccc3-c3ccccc32)C1)C1COCC1C(=O)O. The third-order valence-corrected chi connectivity index (χ3v) is 7.66. The van der Waals surface area contributed by atoms with Crippen LogP contribution in [0.3, 0.4) is 0 Å². The number of likely N-dealkylation sites (N-methyl/N-ethyl adjacent to an activating group) is 1. The zero-order valence-corrected chi connectivity index (χ0v) is 19.7. The molecule has 2 N–H and O–H groups in total. The molecular formula is C27H30N2O6. The van der Waals surface area contributed by atoms with E-state index in [1.165, 1.54) is 16.0 Å². The predicted octanol–water partition coefficient (Wildman–Crippen LogP) is 3.25. The van der Waals surface area contributed by atoms with E-state index in [-0.39, 0.29) is 43.6 Å².